The highest BCUT2D eigenvalue weighted by Gasteiger charge is 2.45. The number of Topliss-reactive ketones (excluding diaryl/α,β-unsaturated/α-hetero) is 1. The number of fused-ring (bicyclic) bond motifs is 2. The highest BCUT2D eigenvalue weighted by atomic mass is 16.6. The zero-order valence-corrected chi connectivity index (χ0v) is 35.6. The van der Waals surface area contributed by atoms with Gasteiger partial charge in [-0.2, -0.15) is 0 Å². The SMILES string of the molecule is C[C@H](Nc1ccc2ccccc2c1)C(=O)C(C(=O)OCc1ccccc1)[C@H](NC(=O)[C@H](Cc1c[nH]c2ccccc12)NC(=O)OC(C)(C)C)C(=O)N[C@@H](Cc1ccccc1)C(N)=O. The van der Waals surface area contributed by atoms with Crippen LogP contribution in [0.25, 0.3) is 21.7 Å². The zero-order valence-electron chi connectivity index (χ0n) is 35.6. The van der Waals surface area contributed by atoms with E-state index >= 15 is 0 Å². The molecule has 0 radical (unpaired) electrons. The molecule has 63 heavy (non-hydrogen) atoms. The van der Waals surface area contributed by atoms with Crippen LogP contribution in [0.15, 0.2) is 134 Å². The molecule has 5 atom stereocenters. The number of anilines is 1. The lowest BCUT2D eigenvalue weighted by atomic mass is 9.89. The minimum absolute atomic E-state index is 0.0387. The molecule has 14 nitrogen and oxygen atoms in total. The number of primary amides is 1. The quantitative estimate of drug-likeness (QED) is 0.0450. The molecule has 14 heteroatoms. The second-order valence-electron chi connectivity index (χ2n) is 16.3. The maximum atomic E-state index is 14.8. The number of hydrogen-bond acceptors (Lipinski definition) is 9. The average molecular weight is 853 g/mol. The average Bonchev–Trinajstić information content (AvgIpc) is 3.67. The van der Waals surface area contributed by atoms with Crippen molar-refractivity contribution >= 4 is 62.9 Å². The summed E-state index contributed by atoms with van der Waals surface area (Å²) in [6.45, 7) is 6.25. The van der Waals surface area contributed by atoms with Crippen LogP contribution >= 0.6 is 0 Å². The highest BCUT2D eigenvalue weighted by Crippen LogP contribution is 2.23. The summed E-state index contributed by atoms with van der Waals surface area (Å²) in [6.07, 6.45) is 0.630. The summed E-state index contributed by atoms with van der Waals surface area (Å²) in [4.78, 5) is 88.1. The number of esters is 1. The molecule has 0 aliphatic heterocycles. The first kappa shape index (κ1) is 45.1. The predicted octanol–water partition coefficient (Wildman–Crippen LogP) is 5.88. The van der Waals surface area contributed by atoms with Crippen LogP contribution in [0, 0.1) is 5.92 Å². The molecule has 0 saturated carbocycles. The van der Waals surface area contributed by atoms with Crippen LogP contribution in [0.4, 0.5) is 10.5 Å². The van der Waals surface area contributed by atoms with E-state index in [1.807, 2.05) is 60.7 Å². The third-order valence-electron chi connectivity index (χ3n) is 10.3. The van der Waals surface area contributed by atoms with Gasteiger partial charge in [-0.15, -0.1) is 0 Å². The van der Waals surface area contributed by atoms with E-state index in [1.54, 1.807) is 93.7 Å². The monoisotopic (exact) mass is 852 g/mol. The van der Waals surface area contributed by atoms with Crippen molar-refractivity contribution < 1.29 is 38.2 Å². The van der Waals surface area contributed by atoms with Crippen LogP contribution in [-0.4, -0.2) is 70.3 Å². The van der Waals surface area contributed by atoms with E-state index in [0.29, 0.717) is 22.4 Å². The Labute approximate surface area is 365 Å². The number of ketones is 1. The van der Waals surface area contributed by atoms with Gasteiger partial charge >= 0.3 is 12.1 Å². The minimum atomic E-state index is -1.99. The summed E-state index contributed by atoms with van der Waals surface area (Å²) >= 11 is 0. The number of benzene rings is 5. The molecule has 5 aromatic carbocycles. The van der Waals surface area contributed by atoms with Gasteiger partial charge in [0.05, 0.1) is 6.04 Å². The molecule has 326 valence electrons. The number of amides is 4. The molecule has 0 aliphatic rings. The van der Waals surface area contributed by atoms with Crippen LogP contribution in [-0.2, 0) is 52.9 Å². The van der Waals surface area contributed by atoms with Crippen LogP contribution in [0.3, 0.4) is 0 Å². The molecule has 7 N–H and O–H groups in total. The fourth-order valence-electron chi connectivity index (χ4n) is 7.17. The Morgan fingerprint density at radius 3 is 2.00 bits per heavy atom. The maximum Gasteiger partial charge on any atom is 0.408 e. The molecule has 6 rings (SSSR count). The number of alkyl carbamates (subject to hydrolysis) is 1. The summed E-state index contributed by atoms with van der Waals surface area (Å²) in [5.74, 6) is -6.83. The largest absolute Gasteiger partial charge is 0.460 e. The van der Waals surface area contributed by atoms with E-state index in [9.17, 15) is 28.8 Å². The number of nitrogens with one attached hydrogen (secondary N) is 5. The molecule has 0 aliphatic carbocycles. The van der Waals surface area contributed by atoms with Gasteiger partial charge in [-0.1, -0.05) is 109 Å². The lowest BCUT2D eigenvalue weighted by molar-refractivity contribution is -0.157. The number of aromatic amines is 1. The Kier molecular flexibility index (Phi) is 14.6. The van der Waals surface area contributed by atoms with Crippen molar-refractivity contribution in [2.45, 2.75) is 76.9 Å². The van der Waals surface area contributed by atoms with Gasteiger partial charge in [0.15, 0.2) is 5.78 Å². The van der Waals surface area contributed by atoms with Gasteiger partial charge in [0, 0.05) is 35.6 Å². The van der Waals surface area contributed by atoms with Gasteiger partial charge in [-0.25, -0.2) is 4.79 Å². The van der Waals surface area contributed by atoms with Gasteiger partial charge in [0.2, 0.25) is 17.7 Å². The number of ether oxygens (including phenoxy) is 2. The van der Waals surface area contributed by atoms with E-state index in [4.69, 9.17) is 15.2 Å². The summed E-state index contributed by atoms with van der Waals surface area (Å²) in [7, 11) is 0. The smallest absolute Gasteiger partial charge is 0.408 e. The number of hydrogen-bond donors (Lipinski definition) is 6. The van der Waals surface area contributed by atoms with Crippen molar-refractivity contribution in [1.82, 2.24) is 20.9 Å². The second kappa shape index (κ2) is 20.4. The predicted molar refractivity (Wildman–Crippen MR) is 240 cm³/mol. The Balaban J connectivity index is 1.39. The first-order chi connectivity index (χ1) is 30.1. The Morgan fingerprint density at radius 1 is 0.683 bits per heavy atom. The van der Waals surface area contributed by atoms with Crippen molar-refractivity contribution in [3.8, 4) is 0 Å². The number of para-hydroxylation sites is 1. The lowest BCUT2D eigenvalue weighted by Crippen LogP contribution is -2.62. The van der Waals surface area contributed by atoms with Crippen molar-refractivity contribution in [1.29, 1.82) is 0 Å². The van der Waals surface area contributed by atoms with Crippen molar-refractivity contribution in [3.63, 3.8) is 0 Å². The molecule has 0 spiro atoms. The van der Waals surface area contributed by atoms with E-state index in [-0.39, 0.29) is 19.4 Å². The van der Waals surface area contributed by atoms with Gasteiger partial charge in [-0.3, -0.25) is 24.0 Å². The topological polar surface area (TPSA) is 211 Å². The number of rotatable bonds is 18. The maximum absolute atomic E-state index is 14.8. The molecule has 0 saturated heterocycles. The normalized spacial score (nSPS) is 13.7. The van der Waals surface area contributed by atoms with Gasteiger partial charge < -0.3 is 41.5 Å². The second-order valence-corrected chi connectivity index (χ2v) is 16.3. The number of carbonyl (C=O) groups is 6. The van der Waals surface area contributed by atoms with Crippen LogP contribution in [0.5, 0.6) is 0 Å². The van der Waals surface area contributed by atoms with Gasteiger partial charge in [0.25, 0.3) is 0 Å². The van der Waals surface area contributed by atoms with E-state index in [1.165, 1.54) is 6.92 Å². The zero-order chi connectivity index (χ0) is 45.1. The first-order valence-electron chi connectivity index (χ1n) is 20.6. The number of carbonyl (C=O) groups excluding carboxylic acids is 6. The Bertz CT molecular complexity index is 2570. The van der Waals surface area contributed by atoms with E-state index < -0.39 is 71.3 Å². The molecule has 0 bridgehead atoms. The Morgan fingerprint density at radius 2 is 1.32 bits per heavy atom. The molecule has 0 fully saturated rings. The first-order valence-corrected chi connectivity index (χ1v) is 20.6. The van der Waals surface area contributed by atoms with Gasteiger partial charge in [-0.05, 0) is 73.4 Å². The molecular weight excluding hydrogens is 801 g/mol. The number of H-pyrrole nitrogens is 1. The lowest BCUT2D eigenvalue weighted by Gasteiger charge is -2.30. The molecule has 6 aromatic rings. The third kappa shape index (κ3) is 12.3. The van der Waals surface area contributed by atoms with Crippen molar-refractivity contribution in [2.75, 3.05) is 5.32 Å². The van der Waals surface area contributed by atoms with E-state index in [0.717, 1.165) is 21.7 Å². The van der Waals surface area contributed by atoms with Crippen LogP contribution < -0.4 is 27.0 Å². The number of aromatic nitrogens is 1. The third-order valence-corrected chi connectivity index (χ3v) is 10.3. The van der Waals surface area contributed by atoms with Crippen LogP contribution in [0.2, 0.25) is 0 Å². The molecule has 1 heterocycles. The fraction of sp³-hybridized carbons (Fsp3) is 0.265. The van der Waals surface area contributed by atoms with Crippen molar-refractivity contribution in [3.05, 3.63) is 150 Å². The summed E-state index contributed by atoms with van der Waals surface area (Å²) in [5, 5.41) is 13.6. The molecule has 4 amide bonds. The summed E-state index contributed by atoms with van der Waals surface area (Å²) in [5.41, 5.74) is 8.10. The number of nitrogens with two attached hydrogens (primary N) is 1. The molecule has 1 unspecified atom stereocenters. The van der Waals surface area contributed by atoms with Crippen molar-refractivity contribution in [2.24, 2.45) is 11.7 Å². The summed E-state index contributed by atoms with van der Waals surface area (Å²) in [6, 6.07) is 32.2. The highest BCUT2D eigenvalue weighted by molar-refractivity contribution is 6.09. The standard InChI is InChI=1S/C49H52N6O8/c1-30(52-36-24-23-33-19-11-12-20-34(33)26-36)43(56)41(47(60)62-29-32-17-9-6-10-18-32)42(46(59)53-39(44(50)57)25-31-15-7-5-8-16-31)55-45(58)40(54-48(61)63-49(2,3)4)27-35-28-51-38-22-14-13-21-37(35)38/h5-24,26,28,30,39-42,51-52H,25,27,29H2,1-4H3,(H2,50,57)(H,53,59)(H,54,61)(H,55,58)/t30-,39-,40-,41?,42-/m0/s1. The summed E-state index contributed by atoms with van der Waals surface area (Å²) < 4.78 is 11.3. The fourth-order valence-corrected chi connectivity index (χ4v) is 7.17. The Hall–Kier alpha value is -7.48. The van der Waals surface area contributed by atoms with Gasteiger partial charge in [0.1, 0.15) is 36.3 Å². The molecular formula is C49H52N6O8. The molecule has 1 aromatic heterocycles. The van der Waals surface area contributed by atoms with E-state index in [2.05, 4.69) is 26.3 Å². The van der Waals surface area contributed by atoms with Crippen LogP contribution in [0.1, 0.15) is 44.4 Å². The minimum Gasteiger partial charge on any atom is -0.460 e.